The van der Waals surface area contributed by atoms with Gasteiger partial charge in [0.2, 0.25) is 0 Å². The van der Waals surface area contributed by atoms with Crippen LogP contribution < -0.4 is 5.32 Å². The number of benzene rings is 1. The molecule has 1 aromatic rings. The van der Waals surface area contributed by atoms with Crippen molar-refractivity contribution >= 4 is 0 Å². The second-order valence-corrected chi connectivity index (χ2v) is 4.07. The molecule has 0 spiro atoms. The van der Waals surface area contributed by atoms with Gasteiger partial charge in [-0.25, -0.2) is 0 Å². The van der Waals surface area contributed by atoms with Crippen LogP contribution in [0.5, 0.6) is 0 Å². The van der Waals surface area contributed by atoms with E-state index in [2.05, 4.69) is 49.5 Å². The SMILES string of the molecule is Cc1cccc([C@@H](C)NC(C)CC#N)c1. The number of nitriles is 1. The van der Waals surface area contributed by atoms with Crippen LogP contribution in [-0.4, -0.2) is 6.04 Å². The van der Waals surface area contributed by atoms with Crippen LogP contribution in [0.15, 0.2) is 24.3 Å². The zero-order valence-corrected chi connectivity index (χ0v) is 9.62. The van der Waals surface area contributed by atoms with Crippen molar-refractivity contribution in [2.45, 2.75) is 39.3 Å². The monoisotopic (exact) mass is 202 g/mol. The molecular weight excluding hydrogens is 184 g/mol. The minimum absolute atomic E-state index is 0.241. The van der Waals surface area contributed by atoms with Gasteiger partial charge in [-0.3, -0.25) is 0 Å². The lowest BCUT2D eigenvalue weighted by Crippen LogP contribution is -2.28. The van der Waals surface area contributed by atoms with Crippen molar-refractivity contribution < 1.29 is 0 Å². The molecule has 0 saturated carbocycles. The maximum absolute atomic E-state index is 8.57. The summed E-state index contributed by atoms with van der Waals surface area (Å²) in [5.74, 6) is 0. The summed E-state index contributed by atoms with van der Waals surface area (Å²) in [5.41, 5.74) is 2.55. The molecule has 2 heteroatoms. The fourth-order valence-corrected chi connectivity index (χ4v) is 1.66. The van der Waals surface area contributed by atoms with Gasteiger partial charge in [0.1, 0.15) is 0 Å². The molecule has 0 fully saturated rings. The minimum atomic E-state index is 0.241. The summed E-state index contributed by atoms with van der Waals surface area (Å²) in [6.07, 6.45) is 0.552. The molecule has 2 nitrogen and oxygen atoms in total. The Morgan fingerprint density at radius 3 is 2.73 bits per heavy atom. The van der Waals surface area contributed by atoms with Crippen LogP contribution in [-0.2, 0) is 0 Å². The second-order valence-electron chi connectivity index (χ2n) is 4.07. The third-order valence-corrected chi connectivity index (χ3v) is 2.47. The molecular formula is C13H18N2. The van der Waals surface area contributed by atoms with Crippen molar-refractivity contribution in [3.8, 4) is 6.07 Å². The molecule has 0 aliphatic carbocycles. The second kappa shape index (κ2) is 5.53. The predicted molar refractivity (Wildman–Crippen MR) is 62.4 cm³/mol. The molecule has 0 heterocycles. The fourth-order valence-electron chi connectivity index (χ4n) is 1.66. The van der Waals surface area contributed by atoms with E-state index >= 15 is 0 Å². The van der Waals surface area contributed by atoms with Crippen molar-refractivity contribution in [3.05, 3.63) is 35.4 Å². The molecule has 1 unspecified atom stereocenters. The summed E-state index contributed by atoms with van der Waals surface area (Å²) in [6, 6.07) is 11.2. The van der Waals surface area contributed by atoms with Crippen molar-refractivity contribution in [1.29, 1.82) is 5.26 Å². The Hall–Kier alpha value is -1.33. The van der Waals surface area contributed by atoms with Crippen LogP contribution in [0.25, 0.3) is 0 Å². The Kier molecular flexibility index (Phi) is 4.33. The molecule has 0 saturated heterocycles. The van der Waals surface area contributed by atoms with E-state index in [1.165, 1.54) is 11.1 Å². The Balaban J connectivity index is 2.61. The van der Waals surface area contributed by atoms with Gasteiger partial charge in [0.25, 0.3) is 0 Å². The van der Waals surface area contributed by atoms with E-state index in [0.29, 0.717) is 12.5 Å². The van der Waals surface area contributed by atoms with E-state index in [1.54, 1.807) is 0 Å². The van der Waals surface area contributed by atoms with Crippen LogP contribution in [0.3, 0.4) is 0 Å². The molecule has 2 atom stereocenters. The molecule has 0 aliphatic heterocycles. The lowest BCUT2D eigenvalue weighted by molar-refractivity contribution is 0.485. The van der Waals surface area contributed by atoms with E-state index < -0.39 is 0 Å². The van der Waals surface area contributed by atoms with Crippen molar-refractivity contribution in [2.75, 3.05) is 0 Å². The predicted octanol–water partition coefficient (Wildman–Crippen LogP) is 2.95. The molecule has 1 aromatic carbocycles. The third kappa shape index (κ3) is 3.73. The number of hydrogen-bond acceptors (Lipinski definition) is 2. The highest BCUT2D eigenvalue weighted by Crippen LogP contribution is 2.14. The molecule has 15 heavy (non-hydrogen) atoms. The maximum Gasteiger partial charge on any atom is 0.0638 e. The van der Waals surface area contributed by atoms with Crippen LogP contribution in [0.4, 0.5) is 0 Å². The topological polar surface area (TPSA) is 35.8 Å². The summed E-state index contributed by atoms with van der Waals surface area (Å²) >= 11 is 0. The van der Waals surface area contributed by atoms with Gasteiger partial charge in [0, 0.05) is 12.1 Å². The first-order valence-corrected chi connectivity index (χ1v) is 5.33. The number of rotatable bonds is 4. The zero-order valence-electron chi connectivity index (χ0n) is 9.62. The third-order valence-electron chi connectivity index (χ3n) is 2.47. The normalized spacial score (nSPS) is 14.3. The summed E-state index contributed by atoms with van der Waals surface area (Å²) in [5, 5.41) is 12.0. The van der Waals surface area contributed by atoms with E-state index in [9.17, 15) is 0 Å². The van der Waals surface area contributed by atoms with Crippen molar-refractivity contribution in [1.82, 2.24) is 5.32 Å². The van der Waals surface area contributed by atoms with Gasteiger partial charge in [-0.2, -0.15) is 5.26 Å². The molecule has 1 rings (SSSR count). The number of nitrogens with one attached hydrogen (secondary N) is 1. The highest BCUT2D eigenvalue weighted by Gasteiger charge is 2.08. The quantitative estimate of drug-likeness (QED) is 0.814. The first kappa shape index (κ1) is 11.7. The first-order chi connectivity index (χ1) is 7.13. The Morgan fingerprint density at radius 1 is 1.40 bits per heavy atom. The number of aryl methyl sites for hydroxylation is 1. The van der Waals surface area contributed by atoms with Gasteiger partial charge in [-0.15, -0.1) is 0 Å². The van der Waals surface area contributed by atoms with E-state index in [-0.39, 0.29) is 6.04 Å². The van der Waals surface area contributed by atoms with E-state index in [1.807, 2.05) is 6.92 Å². The van der Waals surface area contributed by atoms with Gasteiger partial charge >= 0.3 is 0 Å². The molecule has 0 aliphatic rings. The highest BCUT2D eigenvalue weighted by atomic mass is 14.9. The largest absolute Gasteiger partial charge is 0.307 e. The molecule has 1 N–H and O–H groups in total. The average Bonchev–Trinajstić information content (AvgIpc) is 2.18. The molecule has 80 valence electrons. The molecule has 0 amide bonds. The van der Waals surface area contributed by atoms with Gasteiger partial charge in [-0.05, 0) is 26.3 Å². The van der Waals surface area contributed by atoms with Gasteiger partial charge in [-0.1, -0.05) is 29.8 Å². The van der Waals surface area contributed by atoms with Gasteiger partial charge in [0.15, 0.2) is 0 Å². The lowest BCUT2D eigenvalue weighted by Gasteiger charge is -2.18. The van der Waals surface area contributed by atoms with E-state index in [4.69, 9.17) is 5.26 Å². The molecule has 0 aromatic heterocycles. The standard InChI is InChI=1S/C13H18N2/c1-10-5-4-6-13(9-10)12(3)15-11(2)7-8-14/h4-6,9,11-12,15H,7H2,1-3H3/t11?,12-/m1/s1. The van der Waals surface area contributed by atoms with Gasteiger partial charge in [0.05, 0.1) is 12.5 Å². The van der Waals surface area contributed by atoms with Crippen LogP contribution >= 0.6 is 0 Å². The Bertz CT molecular complexity index is 352. The number of nitrogens with zero attached hydrogens (tertiary/aromatic N) is 1. The molecule has 0 radical (unpaired) electrons. The van der Waals surface area contributed by atoms with Crippen molar-refractivity contribution in [2.24, 2.45) is 0 Å². The zero-order chi connectivity index (χ0) is 11.3. The van der Waals surface area contributed by atoms with Crippen molar-refractivity contribution in [3.63, 3.8) is 0 Å². The first-order valence-electron chi connectivity index (χ1n) is 5.33. The average molecular weight is 202 g/mol. The lowest BCUT2D eigenvalue weighted by atomic mass is 10.0. The highest BCUT2D eigenvalue weighted by molar-refractivity contribution is 5.24. The minimum Gasteiger partial charge on any atom is -0.307 e. The van der Waals surface area contributed by atoms with Crippen LogP contribution in [0.2, 0.25) is 0 Å². The fraction of sp³-hybridized carbons (Fsp3) is 0.462. The Morgan fingerprint density at radius 2 is 2.13 bits per heavy atom. The summed E-state index contributed by atoms with van der Waals surface area (Å²) < 4.78 is 0. The number of hydrogen-bond donors (Lipinski definition) is 1. The summed E-state index contributed by atoms with van der Waals surface area (Å²) in [6.45, 7) is 6.26. The molecule has 0 bridgehead atoms. The van der Waals surface area contributed by atoms with Crippen LogP contribution in [0.1, 0.15) is 37.4 Å². The van der Waals surface area contributed by atoms with Crippen LogP contribution in [0, 0.1) is 18.3 Å². The maximum atomic E-state index is 8.57. The van der Waals surface area contributed by atoms with Gasteiger partial charge < -0.3 is 5.32 Å². The Labute approximate surface area is 91.9 Å². The van der Waals surface area contributed by atoms with E-state index in [0.717, 1.165) is 0 Å². The summed E-state index contributed by atoms with van der Waals surface area (Å²) in [7, 11) is 0. The summed E-state index contributed by atoms with van der Waals surface area (Å²) in [4.78, 5) is 0. The smallest absolute Gasteiger partial charge is 0.0638 e.